The highest BCUT2D eigenvalue weighted by atomic mass is 16.5. The Bertz CT molecular complexity index is 891. The van der Waals surface area contributed by atoms with Crippen LogP contribution in [0.5, 0.6) is 6.01 Å². The van der Waals surface area contributed by atoms with Gasteiger partial charge < -0.3 is 14.5 Å². The van der Waals surface area contributed by atoms with Gasteiger partial charge in [-0.05, 0) is 31.7 Å². The molecule has 2 amide bonds. The molecule has 0 spiro atoms. The number of nitrogens with zero attached hydrogens (tertiary/aromatic N) is 6. The summed E-state index contributed by atoms with van der Waals surface area (Å²) >= 11 is 0. The van der Waals surface area contributed by atoms with E-state index in [-0.39, 0.29) is 17.7 Å². The van der Waals surface area contributed by atoms with Crippen molar-refractivity contribution in [1.29, 1.82) is 0 Å². The van der Waals surface area contributed by atoms with Crippen molar-refractivity contribution in [3.8, 4) is 6.01 Å². The highest BCUT2D eigenvalue weighted by Gasteiger charge is 2.33. The van der Waals surface area contributed by atoms with Crippen LogP contribution in [0.2, 0.25) is 0 Å². The number of aromatic nitrogens is 4. The Labute approximate surface area is 176 Å². The molecule has 0 radical (unpaired) electrons. The Morgan fingerprint density at radius 1 is 1.20 bits per heavy atom. The van der Waals surface area contributed by atoms with Crippen LogP contribution >= 0.6 is 0 Å². The molecule has 2 saturated heterocycles. The van der Waals surface area contributed by atoms with E-state index in [9.17, 15) is 9.59 Å². The molecule has 0 bridgehead atoms. The monoisotopic (exact) mass is 412 g/mol. The number of ether oxygens (including phenoxy) is 1. The van der Waals surface area contributed by atoms with Crippen LogP contribution < -0.4 is 4.74 Å². The van der Waals surface area contributed by atoms with Gasteiger partial charge in [-0.25, -0.2) is 9.97 Å². The summed E-state index contributed by atoms with van der Waals surface area (Å²) in [6, 6.07) is 2.09. The number of aryl methyl sites for hydroxylation is 2. The van der Waals surface area contributed by atoms with E-state index in [2.05, 4.69) is 15.1 Å². The maximum Gasteiger partial charge on any atom is 0.316 e. The summed E-state index contributed by atoms with van der Waals surface area (Å²) in [5.74, 6) is 0.820. The standard InChI is InChI=1S/C21H28N6O3/c1-15-18(13-25(2)24-15)20(29)26-8-4-16(5-9-26)11-27-12-17(10-19(27)28)14-30-21-22-6-3-7-23-21/h3,6-7,13,16-17H,4-5,8-12,14H2,1-2H3. The van der Waals surface area contributed by atoms with Crippen molar-refractivity contribution in [1.82, 2.24) is 29.5 Å². The number of carbonyl (C=O) groups is 2. The van der Waals surface area contributed by atoms with E-state index in [0.29, 0.717) is 37.1 Å². The van der Waals surface area contributed by atoms with E-state index >= 15 is 0 Å². The van der Waals surface area contributed by atoms with Gasteiger partial charge in [-0.15, -0.1) is 0 Å². The van der Waals surface area contributed by atoms with E-state index in [1.165, 1.54) is 0 Å². The van der Waals surface area contributed by atoms with Gasteiger partial charge in [-0.1, -0.05) is 0 Å². The van der Waals surface area contributed by atoms with Crippen LogP contribution in [0.3, 0.4) is 0 Å². The molecule has 4 heterocycles. The fourth-order valence-electron chi connectivity index (χ4n) is 4.30. The highest BCUT2D eigenvalue weighted by Crippen LogP contribution is 2.25. The van der Waals surface area contributed by atoms with Crippen LogP contribution in [0.15, 0.2) is 24.7 Å². The van der Waals surface area contributed by atoms with Gasteiger partial charge in [0.1, 0.15) is 0 Å². The van der Waals surface area contributed by atoms with Crippen LogP contribution in [-0.4, -0.2) is 74.1 Å². The maximum absolute atomic E-state index is 12.8. The van der Waals surface area contributed by atoms with E-state index in [0.717, 1.165) is 38.2 Å². The van der Waals surface area contributed by atoms with Crippen molar-refractivity contribution in [2.75, 3.05) is 32.8 Å². The molecule has 2 aromatic rings. The molecule has 9 nitrogen and oxygen atoms in total. The third kappa shape index (κ3) is 4.60. The molecule has 0 saturated carbocycles. The molecule has 9 heteroatoms. The number of amides is 2. The number of likely N-dealkylation sites (tertiary alicyclic amines) is 2. The molecule has 0 aromatic carbocycles. The predicted molar refractivity (Wildman–Crippen MR) is 109 cm³/mol. The molecule has 4 rings (SSSR count). The number of hydrogen-bond donors (Lipinski definition) is 0. The molecule has 2 aliphatic rings. The Hall–Kier alpha value is -2.97. The van der Waals surface area contributed by atoms with Crippen molar-refractivity contribution in [2.24, 2.45) is 18.9 Å². The lowest BCUT2D eigenvalue weighted by molar-refractivity contribution is -0.128. The molecule has 2 aliphatic heterocycles. The quantitative estimate of drug-likeness (QED) is 0.710. The molecular formula is C21H28N6O3. The Morgan fingerprint density at radius 2 is 1.93 bits per heavy atom. The van der Waals surface area contributed by atoms with Gasteiger partial charge in [0.25, 0.3) is 5.91 Å². The second-order valence-electron chi connectivity index (χ2n) is 8.25. The van der Waals surface area contributed by atoms with Gasteiger partial charge in [0.05, 0.1) is 17.9 Å². The fraction of sp³-hybridized carbons (Fsp3) is 0.571. The summed E-state index contributed by atoms with van der Waals surface area (Å²) in [7, 11) is 1.83. The van der Waals surface area contributed by atoms with Gasteiger partial charge in [0, 0.05) is 64.2 Å². The average molecular weight is 412 g/mol. The second kappa shape index (κ2) is 8.81. The summed E-state index contributed by atoms with van der Waals surface area (Å²) in [4.78, 5) is 37.1. The maximum atomic E-state index is 12.8. The van der Waals surface area contributed by atoms with E-state index in [1.54, 1.807) is 29.3 Å². The lowest BCUT2D eigenvalue weighted by Gasteiger charge is -2.34. The molecule has 30 heavy (non-hydrogen) atoms. The van der Waals surface area contributed by atoms with E-state index in [1.807, 2.05) is 23.8 Å². The van der Waals surface area contributed by atoms with Crippen LogP contribution in [-0.2, 0) is 11.8 Å². The number of piperidine rings is 1. The van der Waals surface area contributed by atoms with Gasteiger partial charge in [0.15, 0.2) is 0 Å². The molecule has 160 valence electrons. The minimum absolute atomic E-state index is 0.0524. The summed E-state index contributed by atoms with van der Waals surface area (Å²) < 4.78 is 7.30. The van der Waals surface area contributed by atoms with Crippen molar-refractivity contribution in [3.63, 3.8) is 0 Å². The first-order valence-corrected chi connectivity index (χ1v) is 10.5. The molecule has 2 aromatic heterocycles. The number of hydrogen-bond acceptors (Lipinski definition) is 6. The Kier molecular flexibility index (Phi) is 5.96. The topological polar surface area (TPSA) is 93.5 Å². The smallest absolute Gasteiger partial charge is 0.316 e. The zero-order valence-electron chi connectivity index (χ0n) is 17.5. The van der Waals surface area contributed by atoms with E-state index < -0.39 is 0 Å². The van der Waals surface area contributed by atoms with Crippen LogP contribution in [0.1, 0.15) is 35.3 Å². The summed E-state index contributed by atoms with van der Waals surface area (Å²) in [5.41, 5.74) is 1.44. The summed E-state index contributed by atoms with van der Waals surface area (Å²) in [6.45, 7) is 5.22. The summed E-state index contributed by atoms with van der Waals surface area (Å²) in [6.07, 6.45) is 7.39. The van der Waals surface area contributed by atoms with Gasteiger partial charge >= 0.3 is 6.01 Å². The number of carbonyl (C=O) groups excluding carboxylic acids is 2. The minimum Gasteiger partial charge on any atom is -0.463 e. The van der Waals surface area contributed by atoms with E-state index in [4.69, 9.17) is 4.74 Å². The SMILES string of the molecule is Cc1nn(C)cc1C(=O)N1CCC(CN2CC(COc3ncccn3)CC2=O)CC1. The lowest BCUT2D eigenvalue weighted by Crippen LogP contribution is -2.42. The van der Waals surface area contributed by atoms with Crippen LogP contribution in [0, 0.1) is 18.8 Å². The van der Waals surface area contributed by atoms with Crippen molar-refractivity contribution < 1.29 is 14.3 Å². The molecule has 1 unspecified atom stereocenters. The highest BCUT2D eigenvalue weighted by molar-refractivity contribution is 5.95. The first-order valence-electron chi connectivity index (χ1n) is 10.5. The first-order chi connectivity index (χ1) is 14.5. The van der Waals surface area contributed by atoms with Crippen LogP contribution in [0.4, 0.5) is 0 Å². The lowest BCUT2D eigenvalue weighted by atomic mass is 9.95. The van der Waals surface area contributed by atoms with Crippen LogP contribution in [0.25, 0.3) is 0 Å². The van der Waals surface area contributed by atoms with Gasteiger partial charge in [-0.2, -0.15) is 5.10 Å². The third-order valence-corrected chi connectivity index (χ3v) is 5.91. The predicted octanol–water partition coefficient (Wildman–Crippen LogP) is 1.30. The molecular weight excluding hydrogens is 384 g/mol. The van der Waals surface area contributed by atoms with Crippen molar-refractivity contribution in [3.05, 3.63) is 35.9 Å². The Morgan fingerprint density at radius 3 is 2.60 bits per heavy atom. The first kappa shape index (κ1) is 20.3. The fourth-order valence-corrected chi connectivity index (χ4v) is 4.30. The number of rotatable bonds is 6. The van der Waals surface area contributed by atoms with Crippen molar-refractivity contribution in [2.45, 2.75) is 26.2 Å². The van der Waals surface area contributed by atoms with Gasteiger partial charge in [-0.3, -0.25) is 14.3 Å². The van der Waals surface area contributed by atoms with Crippen molar-refractivity contribution >= 4 is 11.8 Å². The largest absolute Gasteiger partial charge is 0.463 e. The molecule has 0 aliphatic carbocycles. The zero-order valence-corrected chi connectivity index (χ0v) is 17.5. The third-order valence-electron chi connectivity index (χ3n) is 5.91. The molecule has 1 atom stereocenters. The normalized spacial score (nSPS) is 20.1. The molecule has 0 N–H and O–H groups in total. The Balaban J connectivity index is 1.23. The second-order valence-corrected chi connectivity index (χ2v) is 8.25. The summed E-state index contributed by atoms with van der Waals surface area (Å²) in [5, 5.41) is 4.27. The average Bonchev–Trinajstić information content (AvgIpc) is 3.28. The molecule has 2 fully saturated rings. The van der Waals surface area contributed by atoms with Gasteiger partial charge in [0.2, 0.25) is 5.91 Å². The minimum atomic E-state index is 0.0524. The zero-order chi connectivity index (χ0) is 21.1.